The van der Waals surface area contributed by atoms with E-state index in [-0.39, 0.29) is 0 Å². The molecule has 8 aromatic rings. The molecule has 2 aliphatic heterocycles. The molecule has 0 radical (unpaired) electrons. The third-order valence-electron chi connectivity index (χ3n) is 12.1. The molecule has 0 atom stereocenters. The first-order chi connectivity index (χ1) is 27.3. The van der Waals surface area contributed by atoms with E-state index in [9.17, 15) is 0 Å². The molecule has 2 aliphatic carbocycles. The van der Waals surface area contributed by atoms with Crippen LogP contribution in [0.4, 0.5) is 17.1 Å². The van der Waals surface area contributed by atoms with Crippen LogP contribution in [0.15, 0.2) is 173 Å². The van der Waals surface area contributed by atoms with Crippen LogP contribution in [0.3, 0.4) is 0 Å². The number of aromatic nitrogens is 1. The molecule has 4 nitrogen and oxygen atoms in total. The van der Waals surface area contributed by atoms with Crippen molar-refractivity contribution in [3.05, 3.63) is 180 Å². The van der Waals surface area contributed by atoms with Crippen molar-refractivity contribution in [3.63, 3.8) is 0 Å². The molecule has 0 spiro atoms. The molecule has 0 bridgehead atoms. The zero-order chi connectivity index (χ0) is 36.0. The van der Waals surface area contributed by atoms with Crippen LogP contribution in [0.5, 0.6) is 0 Å². The van der Waals surface area contributed by atoms with Gasteiger partial charge in [0.15, 0.2) is 0 Å². The number of dihydropyridines is 1. The maximum absolute atomic E-state index is 6.48. The highest BCUT2D eigenvalue weighted by Crippen LogP contribution is 2.53. The normalized spacial score (nSPS) is 16.3. The zero-order valence-corrected chi connectivity index (χ0v) is 30.3. The van der Waals surface area contributed by atoms with Crippen molar-refractivity contribution in [1.82, 2.24) is 9.88 Å². The van der Waals surface area contributed by atoms with Crippen LogP contribution < -0.4 is 10.2 Å². The summed E-state index contributed by atoms with van der Waals surface area (Å²) in [6.07, 6.45) is 15.8. The third-order valence-corrected chi connectivity index (χ3v) is 12.1. The van der Waals surface area contributed by atoms with Crippen LogP contribution in [-0.4, -0.2) is 11.1 Å². The minimum Gasteiger partial charge on any atom is -0.456 e. The fraction of sp³-hybridized carbons (Fsp3) is 0.0980. The van der Waals surface area contributed by atoms with Crippen molar-refractivity contribution < 1.29 is 4.42 Å². The monoisotopic (exact) mass is 707 g/mol. The second-order valence-corrected chi connectivity index (χ2v) is 15.1. The van der Waals surface area contributed by atoms with Crippen LogP contribution >= 0.6 is 0 Å². The van der Waals surface area contributed by atoms with Gasteiger partial charge >= 0.3 is 0 Å². The largest absolute Gasteiger partial charge is 0.456 e. The second kappa shape index (κ2) is 11.9. The molecule has 2 aromatic heterocycles. The van der Waals surface area contributed by atoms with Gasteiger partial charge in [0.1, 0.15) is 11.2 Å². The maximum atomic E-state index is 6.48. The Morgan fingerprint density at radius 2 is 1.36 bits per heavy atom. The van der Waals surface area contributed by atoms with E-state index in [1.54, 1.807) is 0 Å². The zero-order valence-electron chi connectivity index (χ0n) is 30.3. The lowest BCUT2D eigenvalue weighted by Crippen LogP contribution is -2.24. The van der Waals surface area contributed by atoms with Crippen molar-refractivity contribution in [2.45, 2.75) is 25.7 Å². The molecule has 0 fully saturated rings. The van der Waals surface area contributed by atoms with E-state index in [0.717, 1.165) is 54.5 Å². The molecule has 0 unspecified atom stereocenters. The standard InChI is InChI=1S/C51H37N3O/c1-2-13-35(14-3-1)53-45-24-22-32(29-41(45)37-15-5-6-17-39(37)50-47(53)26-27-49-51(50)40-18-8-11-21-48(40)55-49)33-23-25-46-42(30-33)38-16-7-10-20-44(38)54(46)36-28-34-12-4-9-19-43(34)52-31-36/h1-3,6-11,13-14,16-30,52H,4-5,12,15,31H2. The molecule has 0 amide bonds. The highest BCUT2D eigenvalue weighted by molar-refractivity contribution is 6.19. The number of hydrogen-bond acceptors (Lipinski definition) is 3. The average molecular weight is 708 g/mol. The summed E-state index contributed by atoms with van der Waals surface area (Å²) in [7, 11) is 0. The Morgan fingerprint density at radius 3 is 2.31 bits per heavy atom. The molecular formula is C51H37N3O. The number of rotatable bonds is 3. The van der Waals surface area contributed by atoms with Gasteiger partial charge in [0.05, 0.1) is 29.0 Å². The third kappa shape index (κ3) is 4.58. The number of allylic oxidation sites excluding steroid dienone is 8. The molecule has 0 saturated heterocycles. The van der Waals surface area contributed by atoms with Gasteiger partial charge in [-0.05, 0) is 126 Å². The van der Waals surface area contributed by atoms with Gasteiger partial charge in [-0.3, -0.25) is 0 Å². The number of para-hydroxylation sites is 3. The van der Waals surface area contributed by atoms with Crippen LogP contribution in [0.25, 0.3) is 71.7 Å². The summed E-state index contributed by atoms with van der Waals surface area (Å²) in [6.45, 7) is 0.802. The van der Waals surface area contributed by atoms with Crippen molar-refractivity contribution in [1.29, 1.82) is 0 Å². The van der Waals surface area contributed by atoms with E-state index in [2.05, 4.69) is 173 Å². The summed E-state index contributed by atoms with van der Waals surface area (Å²) >= 11 is 0. The number of benzene rings is 6. The highest BCUT2D eigenvalue weighted by Gasteiger charge is 2.31. The molecule has 1 N–H and O–H groups in total. The lowest BCUT2D eigenvalue weighted by Gasteiger charge is -2.28. The molecule has 55 heavy (non-hydrogen) atoms. The predicted octanol–water partition coefficient (Wildman–Crippen LogP) is 13.5. The van der Waals surface area contributed by atoms with Gasteiger partial charge in [-0.2, -0.15) is 0 Å². The average Bonchev–Trinajstić information content (AvgIpc) is 3.76. The quantitative estimate of drug-likeness (QED) is 0.198. The van der Waals surface area contributed by atoms with Crippen LogP contribution in [0, 0.1) is 0 Å². The van der Waals surface area contributed by atoms with Gasteiger partial charge in [0, 0.05) is 49.8 Å². The van der Waals surface area contributed by atoms with E-state index < -0.39 is 0 Å². The molecular weight excluding hydrogens is 671 g/mol. The first-order valence-electron chi connectivity index (χ1n) is 19.5. The van der Waals surface area contributed by atoms with Gasteiger partial charge in [0.2, 0.25) is 0 Å². The van der Waals surface area contributed by atoms with Crippen molar-refractivity contribution in [2.75, 3.05) is 11.4 Å². The van der Waals surface area contributed by atoms with Gasteiger partial charge < -0.3 is 19.2 Å². The lowest BCUT2D eigenvalue weighted by molar-refractivity contribution is 0.669. The van der Waals surface area contributed by atoms with Crippen LogP contribution in [0.1, 0.15) is 36.8 Å². The minimum atomic E-state index is 0.802. The van der Waals surface area contributed by atoms with Gasteiger partial charge in [-0.15, -0.1) is 0 Å². The van der Waals surface area contributed by atoms with E-state index in [1.165, 1.54) is 88.9 Å². The SMILES string of the molecule is C1=CC2=C(C=C(n3c4ccccc4c4cc(-c5ccc6c(c5)C5=C(C=CCC5)c5c(ccc7oc8ccccc8c57)N6c5ccccc5)ccc43)CN2)CC1. The fourth-order valence-electron chi connectivity index (χ4n) is 9.63. The minimum absolute atomic E-state index is 0.802. The van der Waals surface area contributed by atoms with Crippen molar-refractivity contribution in [2.24, 2.45) is 0 Å². The molecule has 6 aromatic carbocycles. The second-order valence-electron chi connectivity index (χ2n) is 15.1. The van der Waals surface area contributed by atoms with Gasteiger partial charge in [-0.1, -0.05) is 85.0 Å². The molecule has 0 saturated carbocycles. The first-order valence-corrected chi connectivity index (χ1v) is 19.5. The Morgan fingerprint density at radius 1 is 0.600 bits per heavy atom. The number of fused-ring (bicyclic) bond motifs is 11. The Labute approximate surface area is 319 Å². The molecule has 4 aliphatic rings. The van der Waals surface area contributed by atoms with E-state index in [1.807, 2.05) is 0 Å². The lowest BCUT2D eigenvalue weighted by atomic mass is 9.85. The summed E-state index contributed by atoms with van der Waals surface area (Å²) in [5.41, 5.74) is 19.4. The Balaban J connectivity index is 1.08. The fourth-order valence-corrected chi connectivity index (χ4v) is 9.63. The van der Waals surface area contributed by atoms with Crippen LogP contribution in [-0.2, 0) is 0 Å². The van der Waals surface area contributed by atoms with E-state index >= 15 is 0 Å². The molecule has 4 heteroatoms. The summed E-state index contributed by atoms with van der Waals surface area (Å²) < 4.78 is 8.96. The van der Waals surface area contributed by atoms with E-state index in [4.69, 9.17) is 4.42 Å². The predicted molar refractivity (Wildman–Crippen MR) is 230 cm³/mol. The molecule has 4 heterocycles. The number of anilines is 3. The molecule has 12 rings (SSSR count). The first kappa shape index (κ1) is 30.7. The Bertz CT molecular complexity index is 3090. The van der Waals surface area contributed by atoms with E-state index in [0.29, 0.717) is 0 Å². The smallest absolute Gasteiger partial charge is 0.136 e. The number of nitrogens with one attached hydrogen (secondary N) is 1. The summed E-state index contributed by atoms with van der Waals surface area (Å²) in [4.78, 5) is 2.47. The molecule has 262 valence electrons. The van der Waals surface area contributed by atoms with Crippen LogP contribution in [0.2, 0.25) is 0 Å². The number of furan rings is 1. The topological polar surface area (TPSA) is 33.3 Å². The summed E-state index contributed by atoms with van der Waals surface area (Å²) in [5, 5.41) is 8.60. The number of nitrogens with zero attached hydrogens (tertiary/aromatic N) is 2. The Hall–Kier alpha value is -6.78. The van der Waals surface area contributed by atoms with Gasteiger partial charge in [-0.25, -0.2) is 0 Å². The maximum Gasteiger partial charge on any atom is 0.136 e. The number of hydrogen-bond donors (Lipinski definition) is 1. The van der Waals surface area contributed by atoms with Gasteiger partial charge in [0.25, 0.3) is 0 Å². The summed E-state index contributed by atoms with van der Waals surface area (Å²) in [6, 6.07) is 46.8. The van der Waals surface area contributed by atoms with Crippen molar-refractivity contribution >= 4 is 77.6 Å². The summed E-state index contributed by atoms with van der Waals surface area (Å²) in [5.74, 6) is 0. The van der Waals surface area contributed by atoms with Crippen molar-refractivity contribution in [3.8, 4) is 11.1 Å². The Kier molecular flexibility index (Phi) is 6.61. The highest BCUT2D eigenvalue weighted by atomic mass is 16.3.